The normalized spacial score (nSPS) is 11.1. The molecule has 0 aliphatic heterocycles. The maximum atomic E-state index is 14.3. The molecule has 0 aliphatic carbocycles. The number of carbonyl (C=O) groups excluding carboxylic acids is 1. The van der Waals surface area contributed by atoms with Crippen molar-refractivity contribution in [3.05, 3.63) is 78.6 Å². The van der Waals surface area contributed by atoms with Crippen LogP contribution >= 0.6 is 0 Å². The first-order valence-electron chi connectivity index (χ1n) is 9.54. The zero-order valence-electron chi connectivity index (χ0n) is 17.1. The van der Waals surface area contributed by atoms with Crippen molar-refractivity contribution in [2.75, 3.05) is 24.6 Å². The minimum absolute atomic E-state index is 0.0828. The van der Waals surface area contributed by atoms with E-state index in [-0.39, 0.29) is 22.9 Å². The van der Waals surface area contributed by atoms with Gasteiger partial charge in [-0.15, -0.1) is 0 Å². The van der Waals surface area contributed by atoms with Crippen LogP contribution in [0.5, 0.6) is 5.75 Å². The van der Waals surface area contributed by atoms with Crippen LogP contribution in [-0.4, -0.2) is 34.6 Å². The fourth-order valence-electron chi connectivity index (χ4n) is 3.11. The summed E-state index contributed by atoms with van der Waals surface area (Å²) >= 11 is 0. The van der Waals surface area contributed by atoms with Crippen LogP contribution in [0.1, 0.15) is 6.92 Å². The topological polar surface area (TPSA) is 72.9 Å². The van der Waals surface area contributed by atoms with Crippen LogP contribution in [-0.2, 0) is 19.6 Å². The zero-order chi connectivity index (χ0) is 22.4. The summed E-state index contributed by atoms with van der Waals surface area (Å²) in [4.78, 5) is 12.0. The lowest BCUT2D eigenvalue weighted by atomic mass is 10.0. The van der Waals surface area contributed by atoms with Gasteiger partial charge >= 0.3 is 5.97 Å². The quantitative estimate of drug-likeness (QED) is 0.487. The Hall–Kier alpha value is -3.39. The fraction of sp³-hybridized carbons (Fsp3) is 0.174. The molecule has 0 fully saturated rings. The lowest BCUT2D eigenvalue weighted by molar-refractivity contribution is -0.141. The van der Waals surface area contributed by atoms with Crippen molar-refractivity contribution >= 4 is 21.7 Å². The third kappa shape index (κ3) is 4.86. The maximum absolute atomic E-state index is 14.3. The number of ether oxygens (including phenoxy) is 2. The number of hydrogen-bond acceptors (Lipinski definition) is 5. The molecule has 0 unspecified atom stereocenters. The Bertz CT molecular complexity index is 1170. The predicted molar refractivity (Wildman–Crippen MR) is 116 cm³/mol. The first-order valence-corrected chi connectivity index (χ1v) is 11.0. The van der Waals surface area contributed by atoms with Crippen LogP contribution in [0.3, 0.4) is 0 Å². The van der Waals surface area contributed by atoms with E-state index in [4.69, 9.17) is 9.47 Å². The largest absolute Gasteiger partial charge is 0.494 e. The number of rotatable bonds is 8. The number of para-hydroxylation sites is 1. The third-order valence-corrected chi connectivity index (χ3v) is 6.30. The average Bonchev–Trinajstić information content (AvgIpc) is 2.78. The second-order valence-electron chi connectivity index (χ2n) is 6.50. The van der Waals surface area contributed by atoms with Crippen molar-refractivity contribution < 1.29 is 27.1 Å². The summed E-state index contributed by atoms with van der Waals surface area (Å²) in [5, 5.41) is 0. The Morgan fingerprint density at radius 1 is 1.00 bits per heavy atom. The van der Waals surface area contributed by atoms with Crippen LogP contribution in [0.15, 0.2) is 77.7 Å². The van der Waals surface area contributed by atoms with E-state index in [9.17, 15) is 17.6 Å². The number of anilines is 1. The van der Waals surface area contributed by atoms with Gasteiger partial charge < -0.3 is 9.47 Å². The molecule has 3 aromatic rings. The first kappa shape index (κ1) is 22.3. The Balaban J connectivity index is 2.16. The van der Waals surface area contributed by atoms with E-state index in [2.05, 4.69) is 0 Å². The molecule has 0 saturated carbocycles. The van der Waals surface area contributed by atoms with Crippen LogP contribution in [0, 0.1) is 5.82 Å². The van der Waals surface area contributed by atoms with Crippen molar-refractivity contribution in [1.29, 1.82) is 0 Å². The number of halogens is 1. The van der Waals surface area contributed by atoms with Gasteiger partial charge in [0, 0.05) is 5.56 Å². The number of benzene rings is 3. The highest BCUT2D eigenvalue weighted by atomic mass is 32.2. The molecule has 162 valence electrons. The average molecular weight is 443 g/mol. The molecular formula is C23H22FNO5S. The standard InChI is InChI=1S/C23H22FNO5S/c1-3-30-23(26)16-25(31(27,28)18-13-14-22(29-2)20(24)15-18)21-12-8-7-11-19(21)17-9-5-4-6-10-17/h4-15H,3,16H2,1-2H3. The molecule has 6 nitrogen and oxygen atoms in total. The molecule has 0 aliphatic rings. The summed E-state index contributed by atoms with van der Waals surface area (Å²) in [5.74, 6) is -1.63. The van der Waals surface area contributed by atoms with Gasteiger partial charge in [-0.05, 0) is 36.8 Å². The van der Waals surface area contributed by atoms with E-state index < -0.39 is 28.4 Å². The van der Waals surface area contributed by atoms with Crippen molar-refractivity contribution in [2.24, 2.45) is 0 Å². The van der Waals surface area contributed by atoms with Gasteiger partial charge in [0.05, 0.1) is 24.3 Å². The molecule has 0 radical (unpaired) electrons. The number of methoxy groups -OCH3 is 1. The Morgan fingerprint density at radius 2 is 1.68 bits per heavy atom. The summed E-state index contributed by atoms with van der Waals surface area (Å²) in [5.41, 5.74) is 1.64. The smallest absolute Gasteiger partial charge is 0.326 e. The number of esters is 1. The number of carbonyl (C=O) groups is 1. The van der Waals surface area contributed by atoms with Crippen molar-refractivity contribution in [3.63, 3.8) is 0 Å². The molecule has 3 aromatic carbocycles. The van der Waals surface area contributed by atoms with Gasteiger partial charge in [0.2, 0.25) is 0 Å². The number of sulfonamides is 1. The number of nitrogens with zero attached hydrogens (tertiary/aromatic N) is 1. The predicted octanol–water partition coefficient (Wildman–Crippen LogP) is 4.26. The van der Waals surface area contributed by atoms with Crippen molar-refractivity contribution in [3.8, 4) is 16.9 Å². The Labute approximate surface area is 180 Å². The van der Waals surface area contributed by atoms with Gasteiger partial charge in [-0.25, -0.2) is 12.8 Å². The summed E-state index contributed by atoms with van der Waals surface area (Å²) in [6.45, 7) is 1.17. The van der Waals surface area contributed by atoms with Gasteiger partial charge in [-0.1, -0.05) is 48.5 Å². The molecule has 0 aromatic heterocycles. The van der Waals surface area contributed by atoms with Gasteiger partial charge in [0.25, 0.3) is 10.0 Å². The summed E-state index contributed by atoms with van der Waals surface area (Å²) in [6.07, 6.45) is 0. The zero-order valence-corrected chi connectivity index (χ0v) is 17.9. The molecule has 3 rings (SSSR count). The Morgan fingerprint density at radius 3 is 2.32 bits per heavy atom. The van der Waals surface area contributed by atoms with Gasteiger partial charge in [0.1, 0.15) is 6.54 Å². The third-order valence-electron chi connectivity index (χ3n) is 4.55. The molecule has 0 saturated heterocycles. The molecular weight excluding hydrogens is 421 g/mol. The monoisotopic (exact) mass is 443 g/mol. The van der Waals surface area contributed by atoms with E-state index in [1.165, 1.54) is 19.2 Å². The van der Waals surface area contributed by atoms with E-state index in [0.717, 1.165) is 15.9 Å². The van der Waals surface area contributed by atoms with Crippen LogP contribution in [0.25, 0.3) is 11.1 Å². The minimum atomic E-state index is -4.31. The molecule has 0 N–H and O–H groups in total. The fourth-order valence-corrected chi connectivity index (χ4v) is 4.55. The van der Waals surface area contributed by atoms with Crippen LogP contribution < -0.4 is 9.04 Å². The minimum Gasteiger partial charge on any atom is -0.494 e. The van der Waals surface area contributed by atoms with Gasteiger partial charge in [-0.3, -0.25) is 9.10 Å². The van der Waals surface area contributed by atoms with Crippen molar-refractivity contribution in [2.45, 2.75) is 11.8 Å². The molecule has 8 heteroatoms. The van der Waals surface area contributed by atoms with Gasteiger partial charge in [-0.2, -0.15) is 0 Å². The number of hydrogen-bond donors (Lipinski definition) is 0. The molecule has 0 atom stereocenters. The summed E-state index contributed by atoms with van der Waals surface area (Å²) in [6, 6.07) is 19.3. The molecule has 31 heavy (non-hydrogen) atoms. The van der Waals surface area contributed by atoms with E-state index in [1.54, 1.807) is 31.2 Å². The summed E-state index contributed by atoms with van der Waals surface area (Å²) in [7, 11) is -3.02. The van der Waals surface area contributed by atoms with E-state index >= 15 is 0 Å². The molecule has 0 amide bonds. The SMILES string of the molecule is CCOC(=O)CN(c1ccccc1-c1ccccc1)S(=O)(=O)c1ccc(OC)c(F)c1. The lowest BCUT2D eigenvalue weighted by Gasteiger charge is -2.26. The molecule has 0 bridgehead atoms. The highest BCUT2D eigenvalue weighted by Gasteiger charge is 2.30. The van der Waals surface area contributed by atoms with E-state index in [0.29, 0.717) is 5.56 Å². The van der Waals surface area contributed by atoms with Crippen molar-refractivity contribution in [1.82, 2.24) is 0 Å². The first-order chi connectivity index (χ1) is 14.9. The maximum Gasteiger partial charge on any atom is 0.326 e. The summed E-state index contributed by atoms with van der Waals surface area (Å²) < 4.78 is 52.1. The van der Waals surface area contributed by atoms with Crippen LogP contribution in [0.2, 0.25) is 0 Å². The lowest BCUT2D eigenvalue weighted by Crippen LogP contribution is -2.37. The molecule has 0 heterocycles. The Kier molecular flexibility index (Phi) is 6.91. The highest BCUT2D eigenvalue weighted by Crippen LogP contribution is 2.34. The van der Waals surface area contributed by atoms with Crippen LogP contribution in [0.4, 0.5) is 10.1 Å². The second-order valence-corrected chi connectivity index (χ2v) is 8.36. The van der Waals surface area contributed by atoms with Gasteiger partial charge in [0.15, 0.2) is 11.6 Å². The van der Waals surface area contributed by atoms with E-state index in [1.807, 2.05) is 30.3 Å². The molecule has 0 spiro atoms. The second kappa shape index (κ2) is 9.61. The highest BCUT2D eigenvalue weighted by molar-refractivity contribution is 7.92.